The topological polar surface area (TPSA) is 49.6 Å². The molecule has 2 aromatic heterocycles. The summed E-state index contributed by atoms with van der Waals surface area (Å²) in [6, 6.07) is 0. The second kappa shape index (κ2) is 6.06. The van der Waals surface area contributed by atoms with Crippen LogP contribution in [0.5, 0.6) is 0 Å². The molecule has 0 aliphatic rings. The zero-order valence-electron chi connectivity index (χ0n) is 10.9. The number of hydrogen-bond donors (Lipinski definition) is 2. The van der Waals surface area contributed by atoms with E-state index in [1.54, 1.807) is 23.1 Å². The van der Waals surface area contributed by atoms with Crippen LogP contribution in [0.3, 0.4) is 0 Å². The standard InChI is InChI=1S/C12H19N3OS2/c1-4-13-7-10-11(18-9(3)8(2)16)14-12-15(10)5-6-17-12/h5-6,8-9,13,16H,4,7H2,1-3H3. The van der Waals surface area contributed by atoms with Crippen LogP contribution >= 0.6 is 23.1 Å². The number of aliphatic hydroxyl groups excluding tert-OH is 1. The third-order valence-corrected chi connectivity index (χ3v) is 4.92. The van der Waals surface area contributed by atoms with Gasteiger partial charge in [0.25, 0.3) is 0 Å². The number of nitrogens with zero attached hydrogens (tertiary/aromatic N) is 2. The zero-order chi connectivity index (χ0) is 13.1. The Morgan fingerprint density at radius 3 is 3.00 bits per heavy atom. The molecule has 2 unspecified atom stereocenters. The average Bonchev–Trinajstić information content (AvgIpc) is 2.87. The predicted octanol–water partition coefficient (Wildman–Crippen LogP) is 2.37. The molecule has 18 heavy (non-hydrogen) atoms. The fourth-order valence-corrected chi connectivity index (χ4v) is 3.37. The Labute approximate surface area is 115 Å². The van der Waals surface area contributed by atoms with Crippen molar-refractivity contribution in [2.45, 2.75) is 43.7 Å². The Balaban J connectivity index is 2.27. The molecule has 0 aromatic carbocycles. The number of imidazole rings is 1. The molecular weight excluding hydrogens is 266 g/mol. The van der Waals surface area contributed by atoms with Gasteiger partial charge in [0.05, 0.1) is 11.8 Å². The lowest BCUT2D eigenvalue weighted by atomic mass is 10.3. The van der Waals surface area contributed by atoms with Crippen LogP contribution in [-0.4, -0.2) is 32.4 Å². The summed E-state index contributed by atoms with van der Waals surface area (Å²) in [5.41, 5.74) is 1.19. The van der Waals surface area contributed by atoms with E-state index in [2.05, 4.69) is 27.8 Å². The van der Waals surface area contributed by atoms with Crippen LogP contribution in [-0.2, 0) is 6.54 Å². The van der Waals surface area contributed by atoms with Crippen molar-refractivity contribution >= 4 is 28.1 Å². The van der Waals surface area contributed by atoms with Crippen molar-refractivity contribution in [2.75, 3.05) is 6.54 Å². The van der Waals surface area contributed by atoms with Gasteiger partial charge in [0.15, 0.2) is 4.96 Å². The van der Waals surface area contributed by atoms with E-state index < -0.39 is 0 Å². The van der Waals surface area contributed by atoms with E-state index in [1.807, 2.05) is 19.2 Å². The SMILES string of the molecule is CCNCc1c(SC(C)C(C)O)nc2sccn12. The highest BCUT2D eigenvalue weighted by Crippen LogP contribution is 2.30. The van der Waals surface area contributed by atoms with Crippen LogP contribution in [0, 0.1) is 0 Å². The highest BCUT2D eigenvalue weighted by atomic mass is 32.2. The maximum atomic E-state index is 9.61. The molecule has 2 atom stereocenters. The summed E-state index contributed by atoms with van der Waals surface area (Å²) in [5, 5.41) is 16.2. The Kier molecular flexibility index (Phi) is 4.66. The summed E-state index contributed by atoms with van der Waals surface area (Å²) in [5.74, 6) is 0. The van der Waals surface area contributed by atoms with Gasteiger partial charge in [-0.1, -0.05) is 25.6 Å². The van der Waals surface area contributed by atoms with Gasteiger partial charge in [0, 0.05) is 23.4 Å². The van der Waals surface area contributed by atoms with Crippen molar-refractivity contribution in [3.05, 3.63) is 17.3 Å². The monoisotopic (exact) mass is 285 g/mol. The molecule has 0 amide bonds. The highest BCUT2D eigenvalue weighted by Gasteiger charge is 2.18. The molecule has 2 aromatic rings. The molecule has 0 bridgehead atoms. The lowest BCUT2D eigenvalue weighted by molar-refractivity contribution is 0.196. The molecule has 0 saturated heterocycles. The number of rotatable bonds is 6. The molecule has 0 fully saturated rings. The fourth-order valence-electron chi connectivity index (χ4n) is 1.59. The zero-order valence-corrected chi connectivity index (χ0v) is 12.5. The Morgan fingerprint density at radius 2 is 2.33 bits per heavy atom. The van der Waals surface area contributed by atoms with Gasteiger partial charge in [-0.2, -0.15) is 0 Å². The van der Waals surface area contributed by atoms with Crippen molar-refractivity contribution in [2.24, 2.45) is 0 Å². The third kappa shape index (κ3) is 2.88. The number of aromatic nitrogens is 2. The summed E-state index contributed by atoms with van der Waals surface area (Å²) in [6.07, 6.45) is 1.72. The van der Waals surface area contributed by atoms with E-state index in [-0.39, 0.29) is 11.4 Å². The van der Waals surface area contributed by atoms with Gasteiger partial charge < -0.3 is 10.4 Å². The van der Waals surface area contributed by atoms with Crippen molar-refractivity contribution in [1.82, 2.24) is 14.7 Å². The number of hydrogen-bond acceptors (Lipinski definition) is 5. The highest BCUT2D eigenvalue weighted by molar-refractivity contribution is 7.99. The van der Waals surface area contributed by atoms with Crippen LogP contribution < -0.4 is 5.32 Å². The Bertz CT molecular complexity index is 506. The molecule has 4 nitrogen and oxygen atoms in total. The quantitative estimate of drug-likeness (QED) is 0.800. The minimum Gasteiger partial charge on any atom is -0.392 e. The van der Waals surface area contributed by atoms with Crippen LogP contribution in [0.2, 0.25) is 0 Å². The summed E-state index contributed by atoms with van der Waals surface area (Å²) in [7, 11) is 0. The lowest BCUT2D eigenvalue weighted by Gasteiger charge is -2.13. The molecule has 2 N–H and O–H groups in total. The number of thiazole rings is 1. The number of fused-ring (bicyclic) bond motifs is 1. The van der Waals surface area contributed by atoms with Gasteiger partial charge >= 0.3 is 0 Å². The predicted molar refractivity (Wildman–Crippen MR) is 77.4 cm³/mol. The minimum absolute atomic E-state index is 0.148. The van der Waals surface area contributed by atoms with Gasteiger partial charge in [0.1, 0.15) is 5.03 Å². The Hall–Kier alpha value is -0.560. The number of nitrogens with one attached hydrogen (secondary N) is 1. The Morgan fingerprint density at radius 1 is 1.56 bits per heavy atom. The molecular formula is C12H19N3OS2. The van der Waals surface area contributed by atoms with Crippen LogP contribution in [0.1, 0.15) is 26.5 Å². The first-order valence-corrected chi connectivity index (χ1v) is 7.89. The number of aliphatic hydroxyl groups is 1. The summed E-state index contributed by atoms with van der Waals surface area (Å²) in [4.78, 5) is 5.66. The van der Waals surface area contributed by atoms with Crippen LogP contribution in [0.4, 0.5) is 0 Å². The van der Waals surface area contributed by atoms with Crippen molar-refractivity contribution in [3.63, 3.8) is 0 Å². The third-order valence-electron chi connectivity index (χ3n) is 2.84. The molecule has 6 heteroatoms. The maximum Gasteiger partial charge on any atom is 0.194 e. The van der Waals surface area contributed by atoms with Crippen molar-refractivity contribution in [1.29, 1.82) is 0 Å². The van der Waals surface area contributed by atoms with Crippen molar-refractivity contribution < 1.29 is 5.11 Å². The molecule has 0 radical (unpaired) electrons. The maximum absolute atomic E-state index is 9.61. The summed E-state index contributed by atoms with van der Waals surface area (Å²) in [6.45, 7) is 7.69. The van der Waals surface area contributed by atoms with E-state index in [4.69, 9.17) is 0 Å². The molecule has 2 heterocycles. The first kappa shape index (κ1) is 13.9. The second-order valence-electron chi connectivity index (χ2n) is 4.26. The molecule has 0 spiro atoms. The van der Waals surface area contributed by atoms with E-state index in [1.165, 1.54) is 5.69 Å². The molecule has 0 aliphatic carbocycles. The average molecular weight is 285 g/mol. The largest absolute Gasteiger partial charge is 0.392 e. The summed E-state index contributed by atoms with van der Waals surface area (Å²) >= 11 is 3.28. The van der Waals surface area contributed by atoms with E-state index in [0.717, 1.165) is 23.1 Å². The molecule has 0 aliphatic heterocycles. The van der Waals surface area contributed by atoms with Crippen LogP contribution in [0.15, 0.2) is 16.6 Å². The minimum atomic E-state index is -0.332. The van der Waals surface area contributed by atoms with Gasteiger partial charge in [0.2, 0.25) is 0 Å². The smallest absolute Gasteiger partial charge is 0.194 e. The van der Waals surface area contributed by atoms with E-state index >= 15 is 0 Å². The van der Waals surface area contributed by atoms with Crippen LogP contribution in [0.25, 0.3) is 4.96 Å². The first-order chi connectivity index (χ1) is 8.63. The molecule has 0 saturated carbocycles. The lowest BCUT2D eigenvalue weighted by Crippen LogP contribution is -2.17. The van der Waals surface area contributed by atoms with Gasteiger partial charge in [-0.25, -0.2) is 4.98 Å². The molecule has 2 rings (SSSR count). The fraction of sp³-hybridized carbons (Fsp3) is 0.583. The van der Waals surface area contributed by atoms with E-state index in [9.17, 15) is 5.11 Å². The van der Waals surface area contributed by atoms with Gasteiger partial charge in [-0.3, -0.25) is 4.40 Å². The normalized spacial score (nSPS) is 15.1. The van der Waals surface area contributed by atoms with Crippen molar-refractivity contribution in [3.8, 4) is 0 Å². The summed E-state index contributed by atoms with van der Waals surface area (Å²) < 4.78 is 2.13. The number of thioether (sulfide) groups is 1. The second-order valence-corrected chi connectivity index (χ2v) is 6.50. The first-order valence-electron chi connectivity index (χ1n) is 6.13. The van der Waals surface area contributed by atoms with Gasteiger partial charge in [-0.05, 0) is 13.5 Å². The van der Waals surface area contributed by atoms with Gasteiger partial charge in [-0.15, -0.1) is 11.3 Å². The van der Waals surface area contributed by atoms with E-state index in [0.29, 0.717) is 0 Å². The molecule has 100 valence electrons.